The molecule has 0 spiro atoms. The maximum Gasteiger partial charge on any atom is 0.326 e. The van der Waals surface area contributed by atoms with Gasteiger partial charge in [0.1, 0.15) is 42.3 Å². The maximum absolute atomic E-state index is 14.2. The molecule has 0 rings (SSSR count). The van der Waals surface area contributed by atoms with E-state index in [0.29, 0.717) is 70.9 Å². The van der Waals surface area contributed by atoms with Crippen molar-refractivity contribution < 1.29 is 53.1 Å². The lowest BCUT2D eigenvalue weighted by Gasteiger charge is -2.31. The second kappa shape index (κ2) is 33.9. The van der Waals surface area contributed by atoms with Crippen molar-refractivity contribution in [2.45, 2.75) is 180 Å². The molecule has 20 N–H and O–H groups in total. The predicted molar refractivity (Wildman–Crippen MR) is 254 cm³/mol. The van der Waals surface area contributed by atoms with Gasteiger partial charge < -0.3 is 76.7 Å². The summed E-state index contributed by atoms with van der Waals surface area (Å²) in [6, 6.07) is -10.4. The zero-order chi connectivity index (χ0) is 52.1. The Bertz CT molecular complexity index is 1650. The molecule has 24 nitrogen and oxygen atoms in total. The number of rotatable bonds is 37. The van der Waals surface area contributed by atoms with E-state index in [1.54, 1.807) is 41.5 Å². The van der Waals surface area contributed by atoms with Gasteiger partial charge >= 0.3 is 5.97 Å². The van der Waals surface area contributed by atoms with Crippen LogP contribution in [0.15, 0.2) is 0 Å². The standard InChI is InChI=1S/C44H83N13O11/c1-7-25(5)35(42(65)54-31(23-33(50)59)40(63)51-28(16-10-13-21-46)38(61)53-30(44(67)68)17-11-14-22-47)57-43(66)36(26(6)8-2)56-39(62)29(18-19-32(49)58)52-41(64)34(24(3)4)55-37(60)27(48)15-9-12-20-45/h24-31,34-36H,7-23,45-48H2,1-6H3,(H2,49,58)(H2,50,59)(H,51,63)(H,52,64)(H,53,61)(H,54,65)(H,55,60)(H,56,62)(H,57,66)(H,67,68)/t25-,26-,27-,28-,29-,30-,31-,34-,35-,36-/m0/s1. The zero-order valence-corrected chi connectivity index (χ0v) is 40.9. The summed E-state index contributed by atoms with van der Waals surface area (Å²) in [6.45, 7) is 11.1. The number of carboxylic acids is 1. The Labute approximate surface area is 400 Å². The Morgan fingerprint density at radius 3 is 1.26 bits per heavy atom. The third kappa shape index (κ3) is 24.0. The number of aliphatic carboxylic acids is 1. The fourth-order valence-corrected chi connectivity index (χ4v) is 6.88. The summed E-state index contributed by atoms with van der Waals surface area (Å²) in [7, 11) is 0. The summed E-state index contributed by atoms with van der Waals surface area (Å²) < 4.78 is 0. The van der Waals surface area contributed by atoms with Gasteiger partial charge in [-0.25, -0.2) is 4.79 Å². The van der Waals surface area contributed by atoms with Crippen molar-refractivity contribution >= 4 is 59.1 Å². The van der Waals surface area contributed by atoms with Crippen molar-refractivity contribution in [1.29, 1.82) is 0 Å². The Kier molecular flexibility index (Phi) is 31.2. The van der Waals surface area contributed by atoms with E-state index in [0.717, 1.165) is 0 Å². The molecule has 0 unspecified atom stereocenters. The van der Waals surface area contributed by atoms with E-state index in [4.69, 9.17) is 34.4 Å². The van der Waals surface area contributed by atoms with Crippen LogP contribution in [0.4, 0.5) is 0 Å². The molecule has 0 saturated carbocycles. The molecule has 0 aromatic rings. The van der Waals surface area contributed by atoms with Crippen molar-refractivity contribution in [1.82, 2.24) is 37.2 Å². The molecule has 0 bridgehead atoms. The van der Waals surface area contributed by atoms with E-state index in [1.165, 1.54) is 0 Å². The van der Waals surface area contributed by atoms with E-state index >= 15 is 0 Å². The van der Waals surface area contributed by atoms with E-state index in [9.17, 15) is 53.1 Å². The molecule has 0 fully saturated rings. The molecular weight excluding hydrogens is 887 g/mol. The summed E-state index contributed by atoms with van der Waals surface area (Å²) >= 11 is 0. The van der Waals surface area contributed by atoms with Gasteiger partial charge in [0.15, 0.2) is 0 Å². The number of carboxylic acid groups (broad SMARTS) is 1. The largest absolute Gasteiger partial charge is 0.480 e. The van der Waals surface area contributed by atoms with Crippen molar-refractivity contribution in [3.05, 3.63) is 0 Å². The van der Waals surface area contributed by atoms with E-state index < -0.39 is 132 Å². The number of unbranched alkanes of at least 4 members (excludes halogenated alkanes) is 3. The fourth-order valence-electron chi connectivity index (χ4n) is 6.88. The van der Waals surface area contributed by atoms with Gasteiger partial charge in [-0.2, -0.15) is 0 Å². The highest BCUT2D eigenvalue weighted by Gasteiger charge is 2.37. The second-order valence-electron chi connectivity index (χ2n) is 17.7. The fraction of sp³-hybridized carbons (Fsp3) is 0.773. The average Bonchev–Trinajstić information content (AvgIpc) is 3.28. The average molecular weight is 970 g/mol. The third-order valence-corrected chi connectivity index (χ3v) is 11.6. The van der Waals surface area contributed by atoms with Crippen LogP contribution in [0.3, 0.4) is 0 Å². The molecule has 0 aliphatic heterocycles. The van der Waals surface area contributed by atoms with Crippen LogP contribution in [0, 0.1) is 17.8 Å². The molecule has 0 heterocycles. The first-order valence-electron chi connectivity index (χ1n) is 23.8. The number of amides is 9. The molecule has 9 amide bonds. The van der Waals surface area contributed by atoms with E-state index in [2.05, 4.69) is 37.2 Å². The highest BCUT2D eigenvalue weighted by Crippen LogP contribution is 2.15. The van der Waals surface area contributed by atoms with Crippen LogP contribution in [0.1, 0.15) is 131 Å². The zero-order valence-electron chi connectivity index (χ0n) is 40.9. The molecule has 10 atom stereocenters. The number of hydrogen-bond acceptors (Lipinski definition) is 14. The summed E-state index contributed by atoms with van der Waals surface area (Å²) in [4.78, 5) is 132. The topological polar surface area (TPSA) is 431 Å². The number of carbonyl (C=O) groups excluding carboxylic acids is 9. The highest BCUT2D eigenvalue weighted by molar-refractivity contribution is 5.99. The van der Waals surface area contributed by atoms with Gasteiger partial charge in [0.25, 0.3) is 0 Å². The lowest BCUT2D eigenvalue weighted by molar-refractivity contribution is -0.142. The van der Waals surface area contributed by atoms with Gasteiger partial charge in [0.05, 0.1) is 12.5 Å². The summed E-state index contributed by atoms with van der Waals surface area (Å²) in [5.74, 6) is -10.5. The van der Waals surface area contributed by atoms with Crippen LogP contribution in [-0.4, -0.2) is 132 Å². The molecular formula is C44H83N13O11. The van der Waals surface area contributed by atoms with Crippen LogP contribution in [-0.2, 0) is 47.9 Å². The van der Waals surface area contributed by atoms with Crippen LogP contribution >= 0.6 is 0 Å². The maximum atomic E-state index is 14.2. The SMILES string of the molecule is CC[C@H](C)[C@H](NC(=O)[C@H](CCC(N)=O)NC(=O)[C@@H](NC(=O)[C@@H](N)CCCCN)C(C)C)C(=O)N[C@H](C(=O)N[C@@H](CC(N)=O)C(=O)N[C@@H](CCCCN)C(=O)N[C@@H](CCCCN)C(=O)O)[C@@H](C)CC. The first-order valence-corrected chi connectivity index (χ1v) is 23.8. The van der Waals surface area contributed by atoms with Crippen molar-refractivity contribution in [2.24, 2.45) is 52.2 Å². The second-order valence-corrected chi connectivity index (χ2v) is 17.7. The third-order valence-electron chi connectivity index (χ3n) is 11.6. The van der Waals surface area contributed by atoms with E-state index in [1.807, 2.05) is 0 Å². The molecule has 0 radical (unpaired) electrons. The smallest absolute Gasteiger partial charge is 0.326 e. The predicted octanol–water partition coefficient (Wildman–Crippen LogP) is -2.93. The molecule has 0 aliphatic rings. The van der Waals surface area contributed by atoms with Crippen LogP contribution in [0.5, 0.6) is 0 Å². The minimum Gasteiger partial charge on any atom is -0.480 e. The number of primary amides is 2. The Hall–Kier alpha value is -5.46. The summed E-state index contributed by atoms with van der Waals surface area (Å²) in [5, 5.41) is 27.7. The molecule has 390 valence electrons. The van der Waals surface area contributed by atoms with Crippen LogP contribution in [0.25, 0.3) is 0 Å². The lowest BCUT2D eigenvalue weighted by Crippen LogP contribution is -2.62. The molecule has 24 heteroatoms. The lowest BCUT2D eigenvalue weighted by atomic mass is 9.94. The summed E-state index contributed by atoms with van der Waals surface area (Å²) in [6.07, 6.45) is 2.73. The summed E-state index contributed by atoms with van der Waals surface area (Å²) in [5.41, 5.74) is 33.6. The Morgan fingerprint density at radius 1 is 0.441 bits per heavy atom. The Balaban J connectivity index is 6.59. The van der Waals surface area contributed by atoms with Crippen molar-refractivity contribution in [3.8, 4) is 0 Å². The van der Waals surface area contributed by atoms with Crippen molar-refractivity contribution in [2.75, 3.05) is 19.6 Å². The quantitative estimate of drug-likeness (QED) is 0.0277. The van der Waals surface area contributed by atoms with Crippen molar-refractivity contribution in [3.63, 3.8) is 0 Å². The molecule has 0 saturated heterocycles. The highest BCUT2D eigenvalue weighted by atomic mass is 16.4. The Morgan fingerprint density at radius 2 is 0.809 bits per heavy atom. The normalized spacial score (nSPS) is 15.6. The van der Waals surface area contributed by atoms with Gasteiger partial charge in [0.2, 0.25) is 53.2 Å². The minimum atomic E-state index is -1.65. The van der Waals surface area contributed by atoms with Crippen LogP contribution in [0.2, 0.25) is 0 Å². The van der Waals surface area contributed by atoms with Gasteiger partial charge in [-0.05, 0) is 95.2 Å². The van der Waals surface area contributed by atoms with E-state index in [-0.39, 0.29) is 32.2 Å². The van der Waals surface area contributed by atoms with Gasteiger partial charge in [-0.15, -0.1) is 0 Å². The first kappa shape index (κ1) is 62.5. The molecule has 0 aliphatic carbocycles. The monoisotopic (exact) mass is 970 g/mol. The molecule has 0 aromatic carbocycles. The number of hydrogen-bond donors (Lipinski definition) is 14. The number of nitrogens with two attached hydrogens (primary N) is 6. The first-order chi connectivity index (χ1) is 32.0. The number of nitrogens with one attached hydrogen (secondary N) is 7. The van der Waals surface area contributed by atoms with Crippen LogP contribution < -0.4 is 71.6 Å². The van der Waals surface area contributed by atoms with Gasteiger partial charge in [-0.1, -0.05) is 60.8 Å². The minimum absolute atomic E-state index is 0.0298. The number of carbonyl (C=O) groups is 10. The molecule has 0 aromatic heterocycles. The molecule has 68 heavy (non-hydrogen) atoms. The van der Waals surface area contributed by atoms with Gasteiger partial charge in [0, 0.05) is 6.42 Å². The van der Waals surface area contributed by atoms with Gasteiger partial charge in [-0.3, -0.25) is 43.2 Å².